The van der Waals surface area contributed by atoms with Crippen LogP contribution in [0.1, 0.15) is 43.5 Å². The Bertz CT molecular complexity index is 405. The lowest BCUT2D eigenvalue weighted by molar-refractivity contribution is 0.0835. The first-order chi connectivity index (χ1) is 8.65. The Hall–Kier alpha value is -1.35. The van der Waals surface area contributed by atoms with Crippen LogP contribution in [0.5, 0.6) is 5.75 Å². The van der Waals surface area contributed by atoms with Crippen LogP contribution in [0.4, 0.5) is 0 Å². The number of rotatable bonds is 4. The summed E-state index contributed by atoms with van der Waals surface area (Å²) >= 11 is 0. The van der Waals surface area contributed by atoms with Gasteiger partial charge in [-0.3, -0.25) is 4.79 Å². The van der Waals surface area contributed by atoms with Gasteiger partial charge >= 0.3 is 0 Å². The van der Waals surface area contributed by atoms with E-state index in [1.807, 2.05) is 38.1 Å². The third kappa shape index (κ3) is 2.72. The molecule has 1 heterocycles. The largest absolute Gasteiger partial charge is 0.494 e. The number of benzene rings is 1. The number of ketones is 1. The average molecular weight is 247 g/mol. The van der Waals surface area contributed by atoms with E-state index in [9.17, 15) is 4.79 Å². The van der Waals surface area contributed by atoms with Crippen molar-refractivity contribution in [3.8, 4) is 5.75 Å². The number of Topliss-reactive ketones (excluding diaryl/α,β-unsaturated/α-hetero) is 1. The maximum Gasteiger partial charge on any atom is 0.182 e. The van der Waals surface area contributed by atoms with Gasteiger partial charge in [-0.05, 0) is 63.9 Å². The SMILES string of the molecule is CCOc1ccc(C(=O)C2(C)CCCCN2)cc1. The minimum atomic E-state index is -0.397. The molecule has 1 aliphatic heterocycles. The second kappa shape index (κ2) is 5.53. The molecule has 1 fully saturated rings. The molecule has 18 heavy (non-hydrogen) atoms. The number of carbonyl (C=O) groups excluding carboxylic acids is 1. The highest BCUT2D eigenvalue weighted by molar-refractivity contribution is 6.03. The summed E-state index contributed by atoms with van der Waals surface area (Å²) in [5, 5.41) is 3.35. The van der Waals surface area contributed by atoms with Crippen molar-refractivity contribution in [1.82, 2.24) is 5.32 Å². The quantitative estimate of drug-likeness (QED) is 0.831. The summed E-state index contributed by atoms with van der Waals surface area (Å²) in [5.41, 5.74) is 0.362. The third-order valence-corrected chi connectivity index (χ3v) is 3.55. The molecule has 0 saturated carbocycles. The van der Waals surface area contributed by atoms with E-state index in [0.717, 1.165) is 37.1 Å². The van der Waals surface area contributed by atoms with Gasteiger partial charge in [0, 0.05) is 5.56 Å². The number of nitrogens with one attached hydrogen (secondary N) is 1. The normalized spacial score (nSPS) is 23.7. The molecular weight excluding hydrogens is 226 g/mol. The van der Waals surface area contributed by atoms with Crippen LogP contribution in [0.3, 0.4) is 0 Å². The fourth-order valence-corrected chi connectivity index (χ4v) is 2.44. The molecule has 98 valence electrons. The molecule has 2 rings (SSSR count). The average Bonchev–Trinajstić information content (AvgIpc) is 2.40. The smallest absolute Gasteiger partial charge is 0.182 e. The highest BCUT2D eigenvalue weighted by Gasteiger charge is 2.34. The lowest BCUT2D eigenvalue weighted by Crippen LogP contribution is -2.52. The molecule has 1 saturated heterocycles. The Morgan fingerprint density at radius 1 is 1.33 bits per heavy atom. The molecule has 3 nitrogen and oxygen atoms in total. The molecule has 0 amide bonds. The van der Waals surface area contributed by atoms with Crippen molar-refractivity contribution in [3.63, 3.8) is 0 Å². The van der Waals surface area contributed by atoms with Crippen molar-refractivity contribution in [1.29, 1.82) is 0 Å². The molecule has 1 unspecified atom stereocenters. The molecule has 3 heteroatoms. The monoisotopic (exact) mass is 247 g/mol. The van der Waals surface area contributed by atoms with E-state index >= 15 is 0 Å². The van der Waals surface area contributed by atoms with Gasteiger partial charge in [0.05, 0.1) is 12.1 Å². The Labute approximate surface area is 109 Å². The molecule has 0 bridgehead atoms. The topological polar surface area (TPSA) is 38.3 Å². The molecule has 1 aromatic rings. The number of ether oxygens (including phenoxy) is 1. The number of hydrogen-bond donors (Lipinski definition) is 1. The summed E-state index contributed by atoms with van der Waals surface area (Å²) in [5.74, 6) is 1.00. The third-order valence-electron chi connectivity index (χ3n) is 3.55. The van der Waals surface area contributed by atoms with Crippen LogP contribution in [-0.4, -0.2) is 24.5 Å². The summed E-state index contributed by atoms with van der Waals surface area (Å²) in [6.45, 7) is 5.53. The first-order valence-corrected chi connectivity index (χ1v) is 6.68. The minimum absolute atomic E-state index is 0.185. The molecule has 0 aliphatic carbocycles. The summed E-state index contributed by atoms with van der Waals surface area (Å²) < 4.78 is 5.38. The van der Waals surface area contributed by atoms with Crippen LogP contribution in [0.15, 0.2) is 24.3 Å². The predicted octanol–water partition coefficient (Wildman–Crippen LogP) is 2.80. The summed E-state index contributed by atoms with van der Waals surface area (Å²) in [7, 11) is 0. The van der Waals surface area contributed by atoms with Gasteiger partial charge in [-0.1, -0.05) is 0 Å². The van der Waals surface area contributed by atoms with E-state index in [2.05, 4.69) is 5.32 Å². The van der Waals surface area contributed by atoms with Crippen molar-refractivity contribution in [3.05, 3.63) is 29.8 Å². The van der Waals surface area contributed by atoms with Crippen LogP contribution in [0, 0.1) is 0 Å². The Morgan fingerprint density at radius 2 is 2.06 bits per heavy atom. The zero-order valence-electron chi connectivity index (χ0n) is 11.2. The standard InChI is InChI=1S/C15H21NO2/c1-3-18-13-8-6-12(7-9-13)14(17)15(2)10-4-5-11-16-15/h6-9,16H,3-5,10-11H2,1-2H3. The van der Waals surface area contributed by atoms with Gasteiger partial charge in [-0.15, -0.1) is 0 Å². The predicted molar refractivity (Wildman–Crippen MR) is 72.2 cm³/mol. The van der Waals surface area contributed by atoms with E-state index < -0.39 is 5.54 Å². The van der Waals surface area contributed by atoms with E-state index in [1.54, 1.807) is 0 Å². The Balaban J connectivity index is 2.12. The zero-order valence-corrected chi connectivity index (χ0v) is 11.2. The zero-order chi connectivity index (χ0) is 13.0. The second-order valence-electron chi connectivity index (χ2n) is 5.00. The van der Waals surface area contributed by atoms with Crippen LogP contribution in [0.25, 0.3) is 0 Å². The Kier molecular flexibility index (Phi) is 4.02. The van der Waals surface area contributed by atoms with Gasteiger partial charge < -0.3 is 10.1 Å². The lowest BCUT2D eigenvalue weighted by Gasteiger charge is -2.33. The van der Waals surface area contributed by atoms with E-state index in [4.69, 9.17) is 4.74 Å². The highest BCUT2D eigenvalue weighted by atomic mass is 16.5. The van der Waals surface area contributed by atoms with Crippen molar-refractivity contribution >= 4 is 5.78 Å². The van der Waals surface area contributed by atoms with E-state index in [-0.39, 0.29) is 5.78 Å². The van der Waals surface area contributed by atoms with Crippen molar-refractivity contribution < 1.29 is 9.53 Å². The van der Waals surface area contributed by atoms with E-state index in [0.29, 0.717) is 6.61 Å². The molecule has 1 atom stereocenters. The van der Waals surface area contributed by atoms with E-state index in [1.165, 1.54) is 0 Å². The van der Waals surface area contributed by atoms with Gasteiger partial charge in [0.1, 0.15) is 5.75 Å². The fourth-order valence-electron chi connectivity index (χ4n) is 2.44. The van der Waals surface area contributed by atoms with Gasteiger partial charge in [-0.25, -0.2) is 0 Å². The Morgan fingerprint density at radius 3 is 2.61 bits per heavy atom. The van der Waals surface area contributed by atoms with Gasteiger partial charge in [0.25, 0.3) is 0 Å². The molecule has 0 radical (unpaired) electrons. The number of piperidine rings is 1. The van der Waals surface area contributed by atoms with Crippen LogP contribution in [0.2, 0.25) is 0 Å². The van der Waals surface area contributed by atoms with Crippen molar-refractivity contribution in [2.24, 2.45) is 0 Å². The minimum Gasteiger partial charge on any atom is -0.494 e. The van der Waals surface area contributed by atoms with Crippen LogP contribution < -0.4 is 10.1 Å². The lowest BCUT2D eigenvalue weighted by atomic mass is 9.84. The first kappa shape index (κ1) is 13.1. The van der Waals surface area contributed by atoms with Crippen LogP contribution >= 0.6 is 0 Å². The number of carbonyl (C=O) groups is 1. The molecular formula is C15H21NO2. The maximum atomic E-state index is 12.5. The molecule has 0 spiro atoms. The molecule has 1 aliphatic rings. The van der Waals surface area contributed by atoms with Crippen molar-refractivity contribution in [2.75, 3.05) is 13.2 Å². The molecule has 1 N–H and O–H groups in total. The highest BCUT2D eigenvalue weighted by Crippen LogP contribution is 2.24. The summed E-state index contributed by atoms with van der Waals surface area (Å²) in [6, 6.07) is 7.44. The molecule has 1 aromatic carbocycles. The summed E-state index contributed by atoms with van der Waals surface area (Å²) in [6.07, 6.45) is 3.19. The van der Waals surface area contributed by atoms with Gasteiger partial charge in [0.2, 0.25) is 0 Å². The molecule has 0 aromatic heterocycles. The fraction of sp³-hybridized carbons (Fsp3) is 0.533. The van der Waals surface area contributed by atoms with Crippen molar-refractivity contribution in [2.45, 2.75) is 38.6 Å². The maximum absolute atomic E-state index is 12.5. The number of hydrogen-bond acceptors (Lipinski definition) is 3. The van der Waals surface area contributed by atoms with Gasteiger partial charge in [0.15, 0.2) is 5.78 Å². The van der Waals surface area contributed by atoms with Gasteiger partial charge in [-0.2, -0.15) is 0 Å². The second-order valence-corrected chi connectivity index (χ2v) is 5.00. The first-order valence-electron chi connectivity index (χ1n) is 6.68. The summed E-state index contributed by atoms with van der Waals surface area (Å²) in [4.78, 5) is 12.5. The van der Waals surface area contributed by atoms with Crippen LogP contribution in [-0.2, 0) is 0 Å².